The van der Waals surface area contributed by atoms with Gasteiger partial charge in [0.05, 0.1) is 7.11 Å². The first-order valence-corrected chi connectivity index (χ1v) is 6.00. The molecule has 3 N–H and O–H groups in total. The number of benzene rings is 1. The number of aliphatic hydroxyl groups excluding tert-OH is 1. The molecule has 0 aromatic heterocycles. The van der Waals surface area contributed by atoms with E-state index in [-0.39, 0.29) is 12.4 Å². The molecule has 0 aliphatic carbocycles. The monoisotopic (exact) mass is 255 g/mol. The Morgan fingerprint density at radius 2 is 1.94 bits per heavy atom. The zero-order valence-corrected chi connectivity index (χ0v) is 11.5. The van der Waals surface area contributed by atoms with Crippen LogP contribution in [-0.2, 0) is 5.41 Å². The minimum absolute atomic E-state index is 0.00474. The lowest BCUT2D eigenvalue weighted by molar-refractivity contribution is 0.190. The summed E-state index contributed by atoms with van der Waals surface area (Å²) in [5.74, 6) is -0.205. The summed E-state index contributed by atoms with van der Waals surface area (Å²) in [6.45, 7) is 5.70. The van der Waals surface area contributed by atoms with Crippen LogP contribution in [0.1, 0.15) is 32.8 Å². The average molecular weight is 255 g/mol. The van der Waals surface area contributed by atoms with Gasteiger partial charge in [-0.05, 0) is 38.0 Å². The molecule has 3 nitrogen and oxygen atoms in total. The van der Waals surface area contributed by atoms with Gasteiger partial charge in [-0.2, -0.15) is 0 Å². The van der Waals surface area contributed by atoms with Gasteiger partial charge in [0.25, 0.3) is 0 Å². The summed E-state index contributed by atoms with van der Waals surface area (Å²) in [6.07, 6.45) is 0.474. The summed E-state index contributed by atoms with van der Waals surface area (Å²) < 4.78 is 18.7. The van der Waals surface area contributed by atoms with Gasteiger partial charge in [-0.25, -0.2) is 4.39 Å². The normalized spacial score (nSPS) is 15.3. The van der Waals surface area contributed by atoms with E-state index in [9.17, 15) is 9.50 Å². The number of nitrogens with two attached hydrogens (primary N) is 1. The molecule has 0 aliphatic rings. The summed E-state index contributed by atoms with van der Waals surface area (Å²) in [5, 5.41) is 9.22. The number of ether oxygens (including phenoxy) is 1. The van der Waals surface area contributed by atoms with E-state index in [1.807, 2.05) is 20.8 Å². The summed E-state index contributed by atoms with van der Waals surface area (Å²) in [5.41, 5.74) is 5.88. The van der Waals surface area contributed by atoms with Crippen molar-refractivity contribution in [3.05, 3.63) is 29.6 Å². The van der Waals surface area contributed by atoms with Crippen LogP contribution in [0.3, 0.4) is 0 Å². The Labute approximate surface area is 108 Å². The number of methoxy groups -OCH3 is 1. The molecule has 0 saturated heterocycles. The first-order valence-electron chi connectivity index (χ1n) is 6.00. The minimum Gasteiger partial charge on any atom is -0.494 e. The molecule has 102 valence electrons. The van der Waals surface area contributed by atoms with E-state index in [1.165, 1.54) is 13.2 Å². The van der Waals surface area contributed by atoms with E-state index >= 15 is 0 Å². The van der Waals surface area contributed by atoms with Gasteiger partial charge < -0.3 is 15.6 Å². The lowest BCUT2D eigenvalue weighted by atomic mass is 9.67. The predicted octanol–water partition coefficient (Wildman–Crippen LogP) is 2.21. The summed E-state index contributed by atoms with van der Waals surface area (Å²) >= 11 is 0. The average Bonchev–Trinajstić information content (AvgIpc) is 2.27. The number of halogens is 1. The van der Waals surface area contributed by atoms with Crippen LogP contribution in [0.5, 0.6) is 5.75 Å². The second kappa shape index (κ2) is 5.24. The van der Waals surface area contributed by atoms with E-state index < -0.39 is 16.8 Å². The predicted molar refractivity (Wildman–Crippen MR) is 70.3 cm³/mol. The summed E-state index contributed by atoms with van der Waals surface area (Å²) in [6, 6.07) is 4.82. The maximum atomic E-state index is 13.8. The van der Waals surface area contributed by atoms with Gasteiger partial charge in [0.15, 0.2) is 11.6 Å². The van der Waals surface area contributed by atoms with Crippen molar-refractivity contribution < 1.29 is 14.2 Å². The van der Waals surface area contributed by atoms with Crippen molar-refractivity contribution in [3.63, 3.8) is 0 Å². The highest BCUT2D eigenvalue weighted by Gasteiger charge is 2.39. The molecule has 1 unspecified atom stereocenters. The van der Waals surface area contributed by atoms with Crippen LogP contribution >= 0.6 is 0 Å². The molecule has 0 bridgehead atoms. The first kappa shape index (κ1) is 14.9. The number of aliphatic hydroxyl groups is 1. The van der Waals surface area contributed by atoms with Crippen molar-refractivity contribution in [2.75, 3.05) is 13.7 Å². The van der Waals surface area contributed by atoms with Crippen molar-refractivity contribution in [2.24, 2.45) is 5.73 Å². The van der Waals surface area contributed by atoms with Gasteiger partial charge in [0.1, 0.15) is 0 Å². The second-order valence-corrected chi connectivity index (χ2v) is 5.38. The van der Waals surface area contributed by atoms with Crippen LogP contribution in [0, 0.1) is 5.82 Å². The highest BCUT2D eigenvalue weighted by atomic mass is 19.1. The van der Waals surface area contributed by atoms with E-state index in [0.717, 1.165) is 5.56 Å². The van der Waals surface area contributed by atoms with Gasteiger partial charge >= 0.3 is 0 Å². The molecule has 1 atom stereocenters. The van der Waals surface area contributed by atoms with Crippen LogP contribution in [-0.4, -0.2) is 24.4 Å². The first-order chi connectivity index (χ1) is 8.26. The number of rotatable bonds is 5. The van der Waals surface area contributed by atoms with Crippen LogP contribution in [0.2, 0.25) is 0 Å². The molecule has 18 heavy (non-hydrogen) atoms. The Morgan fingerprint density at radius 3 is 2.33 bits per heavy atom. The molecule has 1 aromatic carbocycles. The fraction of sp³-hybridized carbons (Fsp3) is 0.571. The third-order valence-corrected chi connectivity index (χ3v) is 3.82. The molecule has 1 aromatic rings. The fourth-order valence-electron chi connectivity index (χ4n) is 2.07. The number of hydrogen-bond donors (Lipinski definition) is 2. The van der Waals surface area contributed by atoms with Crippen molar-refractivity contribution in [1.29, 1.82) is 0 Å². The van der Waals surface area contributed by atoms with Crippen molar-refractivity contribution >= 4 is 0 Å². The van der Waals surface area contributed by atoms with Crippen LogP contribution < -0.4 is 10.5 Å². The van der Waals surface area contributed by atoms with E-state index in [1.54, 1.807) is 12.1 Å². The molecule has 0 saturated carbocycles. The second-order valence-electron chi connectivity index (χ2n) is 5.38. The van der Waals surface area contributed by atoms with Crippen LogP contribution in [0.25, 0.3) is 0 Å². The lowest BCUT2D eigenvalue weighted by Crippen LogP contribution is -2.52. The van der Waals surface area contributed by atoms with Gasteiger partial charge in [0, 0.05) is 17.6 Å². The van der Waals surface area contributed by atoms with Gasteiger partial charge in [0.2, 0.25) is 0 Å². The highest BCUT2D eigenvalue weighted by Crippen LogP contribution is 2.38. The zero-order valence-electron chi connectivity index (χ0n) is 11.5. The molecular formula is C14H22FNO2. The van der Waals surface area contributed by atoms with Gasteiger partial charge in [-0.3, -0.25) is 0 Å². The molecule has 0 aliphatic heterocycles. The molecular weight excluding hydrogens is 233 g/mol. The molecule has 0 heterocycles. The van der Waals surface area contributed by atoms with Crippen LogP contribution in [0.4, 0.5) is 4.39 Å². The Kier molecular flexibility index (Phi) is 4.35. The van der Waals surface area contributed by atoms with E-state index in [2.05, 4.69) is 0 Å². The van der Waals surface area contributed by atoms with Gasteiger partial charge in [-0.15, -0.1) is 0 Å². The highest BCUT2D eigenvalue weighted by molar-refractivity contribution is 5.36. The minimum atomic E-state index is -0.573. The maximum Gasteiger partial charge on any atom is 0.165 e. The molecule has 0 amide bonds. The van der Waals surface area contributed by atoms with E-state index in [4.69, 9.17) is 10.5 Å². The largest absolute Gasteiger partial charge is 0.494 e. The standard InChI is InChI=1S/C14H22FNO2/c1-13(2,16)14(3,7-8-17)10-5-6-12(18-4)11(15)9-10/h5-6,9,17H,7-8,16H2,1-4H3. The summed E-state index contributed by atoms with van der Waals surface area (Å²) in [7, 11) is 1.43. The third kappa shape index (κ3) is 2.65. The summed E-state index contributed by atoms with van der Waals surface area (Å²) in [4.78, 5) is 0. The Morgan fingerprint density at radius 1 is 1.33 bits per heavy atom. The Hall–Kier alpha value is -1.13. The zero-order chi connectivity index (χ0) is 14.0. The fourth-order valence-corrected chi connectivity index (χ4v) is 2.07. The Bertz CT molecular complexity index is 415. The van der Waals surface area contributed by atoms with E-state index in [0.29, 0.717) is 6.42 Å². The molecule has 0 fully saturated rings. The topological polar surface area (TPSA) is 55.5 Å². The smallest absolute Gasteiger partial charge is 0.165 e. The van der Waals surface area contributed by atoms with Crippen molar-refractivity contribution in [1.82, 2.24) is 0 Å². The molecule has 1 rings (SSSR count). The van der Waals surface area contributed by atoms with Crippen molar-refractivity contribution in [2.45, 2.75) is 38.1 Å². The lowest BCUT2D eigenvalue weighted by Gasteiger charge is -2.42. The van der Waals surface area contributed by atoms with Crippen LogP contribution in [0.15, 0.2) is 18.2 Å². The Balaban J connectivity index is 3.27. The number of hydrogen-bond acceptors (Lipinski definition) is 3. The SMILES string of the molecule is COc1ccc(C(C)(CCO)C(C)(C)N)cc1F. The maximum absolute atomic E-state index is 13.8. The van der Waals surface area contributed by atoms with Crippen molar-refractivity contribution in [3.8, 4) is 5.75 Å². The molecule has 0 spiro atoms. The third-order valence-electron chi connectivity index (χ3n) is 3.82. The quantitative estimate of drug-likeness (QED) is 0.848. The van der Waals surface area contributed by atoms with Gasteiger partial charge in [-0.1, -0.05) is 13.0 Å². The molecule has 4 heteroatoms. The molecule has 0 radical (unpaired) electrons.